The van der Waals surface area contributed by atoms with Crippen molar-refractivity contribution in [3.8, 4) is 0 Å². The van der Waals surface area contributed by atoms with Crippen LogP contribution in [0.25, 0.3) is 10.4 Å². The van der Waals surface area contributed by atoms with E-state index in [0.29, 0.717) is 13.2 Å². The van der Waals surface area contributed by atoms with E-state index in [2.05, 4.69) is 10.0 Å². The lowest BCUT2D eigenvalue weighted by Crippen LogP contribution is -2.56. The Morgan fingerprint density at radius 2 is 1.52 bits per heavy atom. The van der Waals surface area contributed by atoms with Crippen LogP contribution >= 0.6 is 0 Å². The number of rotatable bonds is 8. The van der Waals surface area contributed by atoms with Gasteiger partial charge in [0.15, 0.2) is 0 Å². The number of azide groups is 1. The Kier molecular flexibility index (Phi) is 7.21. The summed E-state index contributed by atoms with van der Waals surface area (Å²) in [6, 6.07) is 19.5. The summed E-state index contributed by atoms with van der Waals surface area (Å²) in [5.41, 5.74) is 10.6. The number of hydrogen-bond acceptors (Lipinski definition) is 5. The van der Waals surface area contributed by atoms with Crippen LogP contribution in [0.5, 0.6) is 0 Å². The second-order valence-corrected chi connectivity index (χ2v) is 6.38. The largest absolute Gasteiger partial charge is 0.388 e. The zero-order chi connectivity index (χ0) is 18.9. The molecule has 1 N–H and O–H groups in total. The van der Waals surface area contributed by atoms with E-state index in [-0.39, 0.29) is 13.2 Å². The topological polar surface area (TPSA) is 96.7 Å². The third kappa shape index (κ3) is 5.53. The van der Waals surface area contributed by atoms with Gasteiger partial charge in [0.2, 0.25) is 0 Å². The van der Waals surface area contributed by atoms with Crippen LogP contribution in [-0.2, 0) is 27.4 Å². The van der Waals surface area contributed by atoms with E-state index in [4.69, 9.17) is 19.7 Å². The molecule has 1 fully saturated rings. The molecule has 4 atom stereocenters. The first-order chi connectivity index (χ1) is 13.3. The van der Waals surface area contributed by atoms with Crippen LogP contribution < -0.4 is 0 Å². The number of benzene rings is 2. The van der Waals surface area contributed by atoms with Crippen molar-refractivity contribution in [3.63, 3.8) is 0 Å². The number of hydrogen-bond donors (Lipinski definition) is 1. The molecule has 0 unspecified atom stereocenters. The Morgan fingerprint density at radius 1 is 0.963 bits per heavy atom. The molecule has 27 heavy (non-hydrogen) atoms. The summed E-state index contributed by atoms with van der Waals surface area (Å²) in [7, 11) is 0. The predicted octanol–water partition coefficient (Wildman–Crippen LogP) is 3.23. The second-order valence-electron chi connectivity index (χ2n) is 6.38. The van der Waals surface area contributed by atoms with E-state index >= 15 is 0 Å². The lowest BCUT2D eigenvalue weighted by atomic mass is 9.99. The Bertz CT molecular complexity index is 737. The average molecular weight is 369 g/mol. The molecule has 7 heteroatoms. The van der Waals surface area contributed by atoms with Gasteiger partial charge < -0.3 is 19.3 Å². The van der Waals surface area contributed by atoms with Gasteiger partial charge in [0.05, 0.1) is 32.5 Å². The van der Waals surface area contributed by atoms with Crippen LogP contribution in [0.4, 0.5) is 0 Å². The monoisotopic (exact) mass is 369 g/mol. The van der Waals surface area contributed by atoms with Crippen molar-refractivity contribution in [1.82, 2.24) is 0 Å². The van der Waals surface area contributed by atoms with Crippen molar-refractivity contribution in [2.45, 2.75) is 37.6 Å². The Balaban J connectivity index is 1.71. The second kappa shape index (κ2) is 10.1. The van der Waals surface area contributed by atoms with E-state index in [1.807, 2.05) is 60.7 Å². The van der Waals surface area contributed by atoms with Gasteiger partial charge in [0.25, 0.3) is 0 Å². The SMILES string of the molecule is [N-]=[N+]=NC[C@H]1OC[C@@H](O)[C@H](OCc2ccccc2)[C@H]1OCc1ccccc1. The molecule has 3 rings (SSSR count). The minimum absolute atomic E-state index is 0.107. The van der Waals surface area contributed by atoms with Crippen LogP contribution in [0.2, 0.25) is 0 Å². The van der Waals surface area contributed by atoms with Crippen molar-refractivity contribution in [3.05, 3.63) is 82.2 Å². The first kappa shape index (κ1) is 19.4. The quantitative estimate of drug-likeness (QED) is 0.439. The highest BCUT2D eigenvalue weighted by molar-refractivity contribution is 5.14. The summed E-state index contributed by atoms with van der Waals surface area (Å²) in [5.74, 6) is 0. The van der Waals surface area contributed by atoms with Gasteiger partial charge in [-0.3, -0.25) is 0 Å². The molecule has 0 aliphatic carbocycles. The van der Waals surface area contributed by atoms with Gasteiger partial charge in [0.1, 0.15) is 18.3 Å². The van der Waals surface area contributed by atoms with E-state index in [1.54, 1.807) is 0 Å². The van der Waals surface area contributed by atoms with Crippen LogP contribution in [0.3, 0.4) is 0 Å². The summed E-state index contributed by atoms with van der Waals surface area (Å²) in [5, 5.41) is 14.0. The molecule has 2 aromatic rings. The zero-order valence-corrected chi connectivity index (χ0v) is 14.9. The molecule has 1 saturated heterocycles. The molecule has 0 saturated carbocycles. The maximum absolute atomic E-state index is 10.4. The van der Waals surface area contributed by atoms with Crippen LogP contribution in [-0.4, -0.2) is 42.7 Å². The Morgan fingerprint density at radius 3 is 2.07 bits per heavy atom. The number of ether oxygens (including phenoxy) is 3. The molecular formula is C20H23N3O4. The van der Waals surface area contributed by atoms with Crippen molar-refractivity contribution < 1.29 is 19.3 Å². The highest BCUT2D eigenvalue weighted by atomic mass is 16.6. The minimum atomic E-state index is -0.822. The predicted molar refractivity (Wildman–Crippen MR) is 99.8 cm³/mol. The summed E-state index contributed by atoms with van der Waals surface area (Å²) in [6.45, 7) is 0.922. The smallest absolute Gasteiger partial charge is 0.115 e. The van der Waals surface area contributed by atoms with Gasteiger partial charge in [-0.25, -0.2) is 0 Å². The molecule has 0 amide bonds. The summed E-state index contributed by atoms with van der Waals surface area (Å²) < 4.78 is 17.7. The first-order valence-electron chi connectivity index (χ1n) is 8.89. The van der Waals surface area contributed by atoms with Gasteiger partial charge in [0, 0.05) is 4.91 Å². The van der Waals surface area contributed by atoms with Crippen molar-refractivity contribution >= 4 is 0 Å². The fourth-order valence-electron chi connectivity index (χ4n) is 3.06. The molecule has 1 aliphatic heterocycles. The van der Waals surface area contributed by atoms with Crippen LogP contribution in [0, 0.1) is 0 Å². The molecular weight excluding hydrogens is 346 g/mol. The first-order valence-corrected chi connectivity index (χ1v) is 8.89. The molecule has 1 aliphatic rings. The normalized spacial score (nSPS) is 24.9. The van der Waals surface area contributed by atoms with E-state index < -0.39 is 24.4 Å². The molecule has 142 valence electrons. The van der Waals surface area contributed by atoms with Gasteiger partial charge in [-0.2, -0.15) is 0 Å². The summed E-state index contributed by atoms with van der Waals surface area (Å²) in [6.07, 6.45) is -2.43. The molecule has 1 heterocycles. The van der Waals surface area contributed by atoms with E-state index in [0.717, 1.165) is 11.1 Å². The maximum atomic E-state index is 10.4. The number of nitrogens with zero attached hydrogens (tertiary/aromatic N) is 3. The fourth-order valence-corrected chi connectivity index (χ4v) is 3.06. The summed E-state index contributed by atoms with van der Waals surface area (Å²) in [4.78, 5) is 2.81. The molecule has 0 spiro atoms. The molecule has 0 radical (unpaired) electrons. The highest BCUT2D eigenvalue weighted by Crippen LogP contribution is 2.24. The van der Waals surface area contributed by atoms with Gasteiger partial charge in [-0.15, -0.1) is 0 Å². The standard InChI is InChI=1S/C20H23N3O4/c21-23-22-11-18-20(27-13-16-9-5-2-6-10-16)19(17(24)14-25-18)26-12-15-7-3-1-4-8-15/h1-10,17-20,24H,11-14H2/t17-,18-,19+,20+/m1/s1. The Labute approximate surface area is 158 Å². The molecule has 0 bridgehead atoms. The third-order valence-electron chi connectivity index (χ3n) is 4.45. The molecule has 7 nitrogen and oxygen atoms in total. The van der Waals surface area contributed by atoms with Crippen molar-refractivity contribution in [2.75, 3.05) is 13.2 Å². The Hall–Kier alpha value is -2.41. The lowest BCUT2D eigenvalue weighted by Gasteiger charge is -2.40. The van der Waals surface area contributed by atoms with Gasteiger partial charge >= 0.3 is 0 Å². The lowest BCUT2D eigenvalue weighted by molar-refractivity contribution is -0.222. The number of aliphatic hydroxyl groups is 1. The fraction of sp³-hybridized carbons (Fsp3) is 0.400. The van der Waals surface area contributed by atoms with Crippen molar-refractivity contribution in [2.24, 2.45) is 5.11 Å². The van der Waals surface area contributed by atoms with Crippen molar-refractivity contribution in [1.29, 1.82) is 0 Å². The van der Waals surface area contributed by atoms with Gasteiger partial charge in [-0.05, 0) is 16.7 Å². The number of aliphatic hydroxyl groups excluding tert-OH is 1. The van der Waals surface area contributed by atoms with E-state index in [9.17, 15) is 5.11 Å². The third-order valence-corrected chi connectivity index (χ3v) is 4.45. The van der Waals surface area contributed by atoms with Crippen LogP contribution in [0.1, 0.15) is 11.1 Å². The summed E-state index contributed by atoms with van der Waals surface area (Å²) >= 11 is 0. The van der Waals surface area contributed by atoms with Gasteiger partial charge in [-0.1, -0.05) is 65.8 Å². The average Bonchev–Trinajstić information content (AvgIpc) is 2.72. The highest BCUT2D eigenvalue weighted by Gasteiger charge is 2.41. The maximum Gasteiger partial charge on any atom is 0.115 e. The van der Waals surface area contributed by atoms with Crippen LogP contribution in [0.15, 0.2) is 65.8 Å². The molecule has 0 aromatic heterocycles. The van der Waals surface area contributed by atoms with E-state index in [1.165, 1.54) is 0 Å². The minimum Gasteiger partial charge on any atom is -0.388 e. The zero-order valence-electron chi connectivity index (χ0n) is 14.9. The molecule has 2 aromatic carbocycles.